The molecule has 0 unspecified atom stereocenters. The standard InChI is InChI=1S/C11H19NO4/c1-4-16-11(15)10(8(2)3)12-7-5-6-9(13)14/h5-6,8,10,12H,4,7H2,1-3H3,(H,13,14)/b6-5+/t10-/m1/s1. The van der Waals surface area contributed by atoms with Crippen molar-refractivity contribution in [2.24, 2.45) is 5.92 Å². The zero-order chi connectivity index (χ0) is 12.6. The number of esters is 1. The average Bonchev–Trinajstić information content (AvgIpc) is 2.16. The van der Waals surface area contributed by atoms with Crippen molar-refractivity contribution in [2.45, 2.75) is 26.8 Å². The van der Waals surface area contributed by atoms with Crippen molar-refractivity contribution in [2.75, 3.05) is 13.2 Å². The number of carbonyl (C=O) groups excluding carboxylic acids is 1. The molecule has 5 heteroatoms. The summed E-state index contributed by atoms with van der Waals surface area (Å²) in [5, 5.41) is 11.3. The normalized spacial score (nSPS) is 13.0. The summed E-state index contributed by atoms with van der Waals surface area (Å²) < 4.78 is 4.90. The van der Waals surface area contributed by atoms with E-state index in [1.807, 2.05) is 13.8 Å². The fraction of sp³-hybridized carbons (Fsp3) is 0.636. The molecule has 2 N–H and O–H groups in total. The van der Waals surface area contributed by atoms with Gasteiger partial charge in [-0.1, -0.05) is 19.9 Å². The first kappa shape index (κ1) is 14.6. The van der Waals surface area contributed by atoms with Gasteiger partial charge in [0.1, 0.15) is 6.04 Å². The quantitative estimate of drug-likeness (QED) is 0.499. The highest BCUT2D eigenvalue weighted by Gasteiger charge is 2.21. The van der Waals surface area contributed by atoms with Crippen LogP contribution in [0, 0.1) is 5.92 Å². The Kier molecular flexibility index (Phi) is 7.20. The number of carboxylic acids is 1. The number of hydrogen-bond donors (Lipinski definition) is 2. The van der Waals surface area contributed by atoms with Crippen LogP contribution in [-0.2, 0) is 14.3 Å². The van der Waals surface area contributed by atoms with Crippen LogP contribution in [0.2, 0.25) is 0 Å². The molecule has 0 aliphatic carbocycles. The highest BCUT2D eigenvalue weighted by molar-refractivity contribution is 5.79. The van der Waals surface area contributed by atoms with Gasteiger partial charge in [0.15, 0.2) is 0 Å². The van der Waals surface area contributed by atoms with E-state index < -0.39 is 12.0 Å². The molecule has 0 saturated heterocycles. The number of hydrogen-bond acceptors (Lipinski definition) is 4. The first-order chi connectivity index (χ1) is 7.49. The number of carbonyl (C=O) groups is 2. The van der Waals surface area contributed by atoms with Gasteiger partial charge < -0.3 is 15.2 Å². The number of aliphatic carboxylic acids is 1. The van der Waals surface area contributed by atoms with Gasteiger partial charge in [0.05, 0.1) is 6.61 Å². The van der Waals surface area contributed by atoms with E-state index in [1.165, 1.54) is 6.08 Å². The molecule has 0 spiro atoms. The van der Waals surface area contributed by atoms with E-state index in [9.17, 15) is 9.59 Å². The Morgan fingerprint density at radius 1 is 1.44 bits per heavy atom. The Balaban J connectivity index is 4.14. The van der Waals surface area contributed by atoms with Gasteiger partial charge in [-0.25, -0.2) is 4.79 Å². The molecule has 0 aliphatic heterocycles. The van der Waals surface area contributed by atoms with Crippen molar-refractivity contribution >= 4 is 11.9 Å². The van der Waals surface area contributed by atoms with Crippen molar-refractivity contribution < 1.29 is 19.4 Å². The van der Waals surface area contributed by atoms with Crippen LogP contribution >= 0.6 is 0 Å². The molecule has 0 saturated carbocycles. The van der Waals surface area contributed by atoms with E-state index in [1.54, 1.807) is 6.92 Å². The highest BCUT2D eigenvalue weighted by Crippen LogP contribution is 2.03. The Hall–Kier alpha value is -1.36. The molecular weight excluding hydrogens is 210 g/mol. The second-order valence-electron chi connectivity index (χ2n) is 3.62. The maximum atomic E-state index is 11.5. The van der Waals surface area contributed by atoms with Gasteiger partial charge in [-0.2, -0.15) is 0 Å². The van der Waals surface area contributed by atoms with Gasteiger partial charge in [0.25, 0.3) is 0 Å². The zero-order valence-electron chi connectivity index (χ0n) is 9.90. The third-order valence-electron chi connectivity index (χ3n) is 1.92. The van der Waals surface area contributed by atoms with E-state index in [-0.39, 0.29) is 11.9 Å². The average molecular weight is 229 g/mol. The molecule has 0 rings (SSSR count). The van der Waals surface area contributed by atoms with E-state index in [2.05, 4.69) is 5.32 Å². The van der Waals surface area contributed by atoms with Gasteiger partial charge in [0.2, 0.25) is 0 Å². The van der Waals surface area contributed by atoms with Crippen LogP contribution in [0.25, 0.3) is 0 Å². The van der Waals surface area contributed by atoms with Crippen LogP contribution in [0.15, 0.2) is 12.2 Å². The summed E-state index contributed by atoms with van der Waals surface area (Å²) in [6.07, 6.45) is 2.49. The predicted molar refractivity (Wildman–Crippen MR) is 60.0 cm³/mol. The third-order valence-corrected chi connectivity index (χ3v) is 1.92. The molecule has 1 atom stereocenters. The smallest absolute Gasteiger partial charge is 0.328 e. The minimum Gasteiger partial charge on any atom is -0.478 e. The largest absolute Gasteiger partial charge is 0.478 e. The van der Waals surface area contributed by atoms with Crippen LogP contribution in [0.1, 0.15) is 20.8 Å². The monoisotopic (exact) mass is 229 g/mol. The molecule has 0 bridgehead atoms. The minimum absolute atomic E-state index is 0.0947. The maximum Gasteiger partial charge on any atom is 0.328 e. The van der Waals surface area contributed by atoms with Crippen LogP contribution in [-0.4, -0.2) is 36.2 Å². The summed E-state index contributed by atoms with van der Waals surface area (Å²) in [4.78, 5) is 21.7. The molecule has 92 valence electrons. The molecule has 0 fully saturated rings. The first-order valence-electron chi connectivity index (χ1n) is 5.28. The molecule has 0 aromatic carbocycles. The summed E-state index contributed by atoms with van der Waals surface area (Å²) in [6, 6.07) is -0.404. The predicted octanol–water partition coefficient (Wildman–Crippen LogP) is 0.804. The van der Waals surface area contributed by atoms with Crippen molar-refractivity contribution in [1.82, 2.24) is 5.32 Å². The lowest BCUT2D eigenvalue weighted by Crippen LogP contribution is -2.42. The highest BCUT2D eigenvalue weighted by atomic mass is 16.5. The number of nitrogens with one attached hydrogen (secondary N) is 1. The summed E-state index contributed by atoms with van der Waals surface area (Å²) >= 11 is 0. The van der Waals surface area contributed by atoms with E-state index in [0.29, 0.717) is 13.2 Å². The lowest BCUT2D eigenvalue weighted by atomic mass is 10.0. The maximum absolute atomic E-state index is 11.5. The lowest BCUT2D eigenvalue weighted by molar-refractivity contribution is -0.146. The first-order valence-corrected chi connectivity index (χ1v) is 5.28. The molecule has 0 aromatic rings. The van der Waals surface area contributed by atoms with Crippen LogP contribution in [0.3, 0.4) is 0 Å². The molecule has 16 heavy (non-hydrogen) atoms. The molecule has 5 nitrogen and oxygen atoms in total. The number of rotatable bonds is 7. The molecule has 0 aromatic heterocycles. The van der Waals surface area contributed by atoms with Gasteiger partial charge in [-0.05, 0) is 12.8 Å². The van der Waals surface area contributed by atoms with E-state index in [0.717, 1.165) is 6.08 Å². The summed E-state index contributed by atoms with van der Waals surface area (Å²) in [5.74, 6) is -1.21. The molecule has 0 heterocycles. The van der Waals surface area contributed by atoms with Crippen LogP contribution in [0.5, 0.6) is 0 Å². The van der Waals surface area contributed by atoms with Gasteiger partial charge >= 0.3 is 11.9 Å². The molecular formula is C11H19NO4. The Labute approximate surface area is 95.5 Å². The van der Waals surface area contributed by atoms with Gasteiger partial charge in [-0.15, -0.1) is 0 Å². The van der Waals surface area contributed by atoms with Crippen molar-refractivity contribution in [3.63, 3.8) is 0 Å². The second-order valence-corrected chi connectivity index (χ2v) is 3.62. The zero-order valence-corrected chi connectivity index (χ0v) is 9.90. The molecule has 0 aliphatic rings. The van der Waals surface area contributed by atoms with Crippen molar-refractivity contribution in [1.29, 1.82) is 0 Å². The van der Waals surface area contributed by atoms with Crippen LogP contribution < -0.4 is 5.32 Å². The fourth-order valence-electron chi connectivity index (χ4n) is 1.18. The fourth-order valence-corrected chi connectivity index (χ4v) is 1.18. The topological polar surface area (TPSA) is 75.6 Å². The SMILES string of the molecule is CCOC(=O)[C@H](NC/C=C/C(=O)O)C(C)C. The summed E-state index contributed by atoms with van der Waals surface area (Å²) in [7, 11) is 0. The molecule has 0 radical (unpaired) electrons. The van der Waals surface area contributed by atoms with E-state index in [4.69, 9.17) is 9.84 Å². The van der Waals surface area contributed by atoms with Gasteiger partial charge in [-0.3, -0.25) is 4.79 Å². The summed E-state index contributed by atoms with van der Waals surface area (Å²) in [5.41, 5.74) is 0. The minimum atomic E-state index is -1.00. The van der Waals surface area contributed by atoms with E-state index >= 15 is 0 Å². The van der Waals surface area contributed by atoms with Gasteiger partial charge in [0, 0.05) is 12.6 Å². The third kappa shape index (κ3) is 6.19. The number of carboxylic acid groups (broad SMARTS) is 1. The Morgan fingerprint density at radius 2 is 2.06 bits per heavy atom. The van der Waals surface area contributed by atoms with Crippen molar-refractivity contribution in [3.05, 3.63) is 12.2 Å². The Bertz CT molecular complexity index is 261. The lowest BCUT2D eigenvalue weighted by Gasteiger charge is -2.19. The second kappa shape index (κ2) is 7.87. The van der Waals surface area contributed by atoms with Crippen LogP contribution in [0.4, 0.5) is 0 Å². The van der Waals surface area contributed by atoms with Crippen molar-refractivity contribution in [3.8, 4) is 0 Å². The molecule has 0 amide bonds. The Morgan fingerprint density at radius 3 is 2.50 bits per heavy atom. The summed E-state index contributed by atoms with van der Waals surface area (Å²) in [6.45, 7) is 6.22. The number of ether oxygens (including phenoxy) is 1.